The fourth-order valence-electron chi connectivity index (χ4n) is 1.51. The summed E-state index contributed by atoms with van der Waals surface area (Å²) in [6.45, 7) is 0. The van der Waals surface area contributed by atoms with Gasteiger partial charge in [0.25, 0.3) is 5.91 Å². The molecular weight excluding hydrogens is 278 g/mol. The van der Waals surface area contributed by atoms with Crippen LogP contribution < -0.4 is 11.2 Å². The molecule has 0 bridgehead atoms. The predicted octanol–water partition coefficient (Wildman–Crippen LogP) is 2.39. The molecule has 20 heavy (non-hydrogen) atoms. The van der Waals surface area contributed by atoms with Crippen molar-refractivity contribution >= 4 is 29.4 Å². The van der Waals surface area contributed by atoms with Gasteiger partial charge in [-0.05, 0) is 35.9 Å². The summed E-state index contributed by atoms with van der Waals surface area (Å²) in [5.41, 5.74) is 9.10. The number of hydrogen-bond donors (Lipinski definition) is 3. The smallest absolute Gasteiger partial charge is 0.275 e. The Hall–Kier alpha value is -2.53. The largest absolute Gasteiger partial charge is 0.507 e. The van der Waals surface area contributed by atoms with Crippen LogP contribution in [0.5, 0.6) is 5.75 Å². The molecule has 0 aromatic heterocycles. The summed E-state index contributed by atoms with van der Waals surface area (Å²) in [4.78, 5) is 11.8. The van der Waals surface area contributed by atoms with Gasteiger partial charge in [-0.15, -0.1) is 0 Å². The highest BCUT2D eigenvalue weighted by molar-refractivity contribution is 6.30. The Morgan fingerprint density at radius 2 is 1.95 bits per heavy atom. The lowest BCUT2D eigenvalue weighted by Crippen LogP contribution is -2.18. The van der Waals surface area contributed by atoms with Crippen LogP contribution in [0.2, 0.25) is 5.02 Å². The Balaban J connectivity index is 2.05. The first-order valence-corrected chi connectivity index (χ1v) is 6.11. The van der Waals surface area contributed by atoms with Gasteiger partial charge in [0.15, 0.2) is 0 Å². The van der Waals surface area contributed by atoms with Crippen LogP contribution in [0.25, 0.3) is 0 Å². The molecule has 1 amide bonds. The first-order chi connectivity index (χ1) is 9.56. The maximum absolute atomic E-state index is 11.8. The van der Waals surface area contributed by atoms with Crippen molar-refractivity contribution < 1.29 is 9.90 Å². The third-order valence-electron chi connectivity index (χ3n) is 2.51. The van der Waals surface area contributed by atoms with Crippen LogP contribution in [0.15, 0.2) is 47.6 Å². The van der Waals surface area contributed by atoms with Gasteiger partial charge in [-0.2, -0.15) is 5.10 Å². The number of hydrogen-bond acceptors (Lipinski definition) is 4. The fraction of sp³-hybridized carbons (Fsp3) is 0. The van der Waals surface area contributed by atoms with Crippen molar-refractivity contribution in [1.82, 2.24) is 5.43 Å². The Kier molecular flexibility index (Phi) is 4.22. The lowest BCUT2D eigenvalue weighted by Gasteiger charge is -2.03. The van der Waals surface area contributed by atoms with E-state index in [0.29, 0.717) is 10.7 Å². The molecule has 0 aliphatic heterocycles. The molecule has 2 aromatic carbocycles. The second kappa shape index (κ2) is 6.08. The number of nitrogens with one attached hydrogen (secondary N) is 1. The van der Waals surface area contributed by atoms with Gasteiger partial charge in [-0.1, -0.05) is 23.7 Å². The van der Waals surface area contributed by atoms with E-state index in [2.05, 4.69) is 10.5 Å². The Morgan fingerprint density at radius 3 is 2.65 bits per heavy atom. The first kappa shape index (κ1) is 13.9. The van der Waals surface area contributed by atoms with Crippen molar-refractivity contribution in [2.75, 3.05) is 5.73 Å². The molecule has 2 aromatic rings. The highest BCUT2D eigenvalue weighted by atomic mass is 35.5. The number of nitrogens with zero attached hydrogens (tertiary/aromatic N) is 1. The van der Waals surface area contributed by atoms with E-state index < -0.39 is 5.91 Å². The van der Waals surface area contributed by atoms with E-state index in [4.69, 9.17) is 17.3 Å². The molecule has 0 heterocycles. The van der Waals surface area contributed by atoms with E-state index in [1.807, 2.05) is 0 Å². The molecular formula is C14H12ClN3O2. The van der Waals surface area contributed by atoms with Crippen LogP contribution in [0.4, 0.5) is 5.69 Å². The standard InChI is InChI=1S/C14H12ClN3O2/c15-10-3-1-9(2-4-10)8-17-18-14(20)12-7-11(16)5-6-13(12)19/h1-8,19H,16H2,(H,18,20)/b17-8-. The van der Waals surface area contributed by atoms with Gasteiger partial charge in [0.1, 0.15) is 5.75 Å². The zero-order chi connectivity index (χ0) is 14.5. The number of carbonyl (C=O) groups excluding carboxylic acids is 1. The molecule has 0 atom stereocenters. The summed E-state index contributed by atoms with van der Waals surface area (Å²) in [6, 6.07) is 11.2. The number of benzene rings is 2. The molecule has 5 nitrogen and oxygen atoms in total. The third kappa shape index (κ3) is 3.49. The quantitative estimate of drug-likeness (QED) is 0.351. The minimum atomic E-state index is -0.542. The van der Waals surface area contributed by atoms with Crippen LogP contribution >= 0.6 is 11.6 Å². The van der Waals surface area contributed by atoms with E-state index in [9.17, 15) is 9.90 Å². The SMILES string of the molecule is Nc1ccc(O)c(C(=O)N/N=C\c2ccc(Cl)cc2)c1. The van der Waals surface area contributed by atoms with Crippen LogP contribution in [0, 0.1) is 0 Å². The van der Waals surface area contributed by atoms with Crippen molar-refractivity contribution in [3.63, 3.8) is 0 Å². The van der Waals surface area contributed by atoms with Crippen molar-refractivity contribution in [2.45, 2.75) is 0 Å². The van der Waals surface area contributed by atoms with Crippen molar-refractivity contribution in [1.29, 1.82) is 0 Å². The van der Waals surface area contributed by atoms with Crippen LogP contribution in [0.1, 0.15) is 15.9 Å². The lowest BCUT2D eigenvalue weighted by molar-refractivity contribution is 0.0952. The summed E-state index contributed by atoms with van der Waals surface area (Å²) in [5, 5.41) is 14.0. The molecule has 0 unspecified atom stereocenters. The minimum absolute atomic E-state index is 0.0678. The third-order valence-corrected chi connectivity index (χ3v) is 2.77. The van der Waals surface area contributed by atoms with E-state index in [1.54, 1.807) is 24.3 Å². The van der Waals surface area contributed by atoms with Crippen LogP contribution in [0.3, 0.4) is 0 Å². The van der Waals surface area contributed by atoms with Gasteiger partial charge in [0.05, 0.1) is 11.8 Å². The lowest BCUT2D eigenvalue weighted by atomic mass is 10.1. The minimum Gasteiger partial charge on any atom is -0.507 e. The monoisotopic (exact) mass is 289 g/mol. The van der Waals surface area contributed by atoms with Crippen molar-refractivity contribution in [3.05, 3.63) is 58.6 Å². The van der Waals surface area contributed by atoms with Crippen LogP contribution in [-0.2, 0) is 0 Å². The number of phenolic OH excluding ortho intramolecular Hbond substituents is 1. The Bertz CT molecular complexity index is 654. The highest BCUT2D eigenvalue weighted by Crippen LogP contribution is 2.19. The molecule has 6 heteroatoms. The van der Waals surface area contributed by atoms with Crippen LogP contribution in [-0.4, -0.2) is 17.2 Å². The van der Waals surface area contributed by atoms with Gasteiger partial charge in [0.2, 0.25) is 0 Å². The highest BCUT2D eigenvalue weighted by Gasteiger charge is 2.10. The summed E-state index contributed by atoms with van der Waals surface area (Å²) in [7, 11) is 0. The molecule has 0 aliphatic carbocycles. The molecule has 0 aliphatic rings. The second-order valence-electron chi connectivity index (χ2n) is 4.03. The Labute approximate surface area is 120 Å². The number of hydrazone groups is 1. The summed E-state index contributed by atoms with van der Waals surface area (Å²) in [5.74, 6) is -0.696. The van der Waals surface area contributed by atoms with Gasteiger partial charge >= 0.3 is 0 Å². The number of amides is 1. The summed E-state index contributed by atoms with van der Waals surface area (Å²) in [6.07, 6.45) is 1.47. The van der Waals surface area contributed by atoms with Gasteiger partial charge in [0, 0.05) is 10.7 Å². The molecule has 0 fully saturated rings. The predicted molar refractivity (Wildman–Crippen MR) is 79.0 cm³/mol. The number of halogens is 1. The van der Waals surface area contributed by atoms with E-state index in [-0.39, 0.29) is 11.3 Å². The van der Waals surface area contributed by atoms with E-state index >= 15 is 0 Å². The number of carbonyl (C=O) groups is 1. The second-order valence-corrected chi connectivity index (χ2v) is 4.46. The van der Waals surface area contributed by atoms with E-state index in [1.165, 1.54) is 24.4 Å². The number of phenols is 1. The molecule has 2 rings (SSSR count). The fourth-order valence-corrected chi connectivity index (χ4v) is 1.64. The molecule has 0 spiro atoms. The zero-order valence-corrected chi connectivity index (χ0v) is 11.1. The van der Waals surface area contributed by atoms with Crippen molar-refractivity contribution in [2.24, 2.45) is 5.10 Å². The molecule has 0 saturated carbocycles. The van der Waals surface area contributed by atoms with E-state index in [0.717, 1.165) is 5.56 Å². The summed E-state index contributed by atoms with van der Waals surface area (Å²) >= 11 is 5.75. The van der Waals surface area contributed by atoms with Gasteiger partial charge in [-0.25, -0.2) is 5.43 Å². The zero-order valence-electron chi connectivity index (χ0n) is 10.4. The molecule has 0 saturated heterocycles. The average Bonchev–Trinajstić information content (AvgIpc) is 2.43. The normalized spacial score (nSPS) is 10.7. The first-order valence-electron chi connectivity index (χ1n) is 5.74. The van der Waals surface area contributed by atoms with Crippen molar-refractivity contribution in [3.8, 4) is 5.75 Å². The molecule has 4 N–H and O–H groups in total. The number of nitrogen functional groups attached to an aromatic ring is 1. The molecule has 0 radical (unpaired) electrons. The topological polar surface area (TPSA) is 87.7 Å². The van der Waals surface area contributed by atoms with Gasteiger partial charge in [-0.3, -0.25) is 4.79 Å². The number of aromatic hydroxyl groups is 1. The average molecular weight is 290 g/mol. The maximum Gasteiger partial charge on any atom is 0.275 e. The summed E-state index contributed by atoms with van der Waals surface area (Å²) < 4.78 is 0. The maximum atomic E-state index is 11.8. The number of rotatable bonds is 3. The number of anilines is 1. The number of nitrogens with two attached hydrogens (primary N) is 1. The Morgan fingerprint density at radius 1 is 1.25 bits per heavy atom. The molecule has 102 valence electrons. The van der Waals surface area contributed by atoms with Gasteiger partial charge < -0.3 is 10.8 Å².